The number of amides is 1. The van der Waals surface area contributed by atoms with Gasteiger partial charge in [0, 0.05) is 4.47 Å². The first kappa shape index (κ1) is 13.8. The van der Waals surface area contributed by atoms with Gasteiger partial charge in [0.1, 0.15) is 5.82 Å². The van der Waals surface area contributed by atoms with E-state index in [1.807, 2.05) is 49.4 Å². The van der Waals surface area contributed by atoms with Gasteiger partial charge in [-0.3, -0.25) is 4.79 Å². The number of benzene rings is 2. The molecule has 0 aliphatic carbocycles. The zero-order valence-corrected chi connectivity index (χ0v) is 13.1. The van der Waals surface area contributed by atoms with Gasteiger partial charge in [-0.2, -0.15) is 0 Å². The van der Waals surface area contributed by atoms with Gasteiger partial charge >= 0.3 is 0 Å². The molecule has 0 radical (unpaired) electrons. The maximum atomic E-state index is 12.1. The molecule has 1 aromatic heterocycles. The Morgan fingerprint density at radius 2 is 2.10 bits per heavy atom. The summed E-state index contributed by atoms with van der Waals surface area (Å²) in [6.45, 7) is 1.92. The Labute approximate surface area is 130 Å². The molecule has 0 aliphatic rings. The van der Waals surface area contributed by atoms with Crippen LogP contribution in [0.25, 0.3) is 11.0 Å². The van der Waals surface area contributed by atoms with Crippen molar-refractivity contribution in [3.63, 3.8) is 0 Å². The number of H-pyrrole nitrogens is 1. The number of halogens is 1. The third-order valence-electron chi connectivity index (χ3n) is 3.18. The first-order valence-electron chi connectivity index (χ1n) is 6.61. The van der Waals surface area contributed by atoms with Gasteiger partial charge in [-0.25, -0.2) is 4.98 Å². The van der Waals surface area contributed by atoms with E-state index in [-0.39, 0.29) is 5.91 Å². The largest absolute Gasteiger partial charge is 0.342 e. The molecular formula is C16H14BrN3O. The summed E-state index contributed by atoms with van der Waals surface area (Å²) in [5.74, 6) is 0.831. The lowest BCUT2D eigenvalue weighted by Crippen LogP contribution is -2.14. The number of carbonyl (C=O) groups is 1. The fourth-order valence-corrected chi connectivity index (χ4v) is 2.62. The zero-order chi connectivity index (χ0) is 14.8. The van der Waals surface area contributed by atoms with Crippen molar-refractivity contribution in [2.24, 2.45) is 0 Å². The number of imidazole rings is 1. The Bertz CT molecular complexity index is 810. The standard InChI is InChI=1S/C16H14BrN3O/c1-10-18-14-7-6-11(8-15(14)19-10)9-16(21)20-13-5-3-2-4-12(13)17/h2-8H,9H2,1H3,(H,18,19)(H,20,21). The number of aryl methyl sites for hydroxylation is 1. The van der Waals surface area contributed by atoms with E-state index in [0.717, 1.165) is 32.6 Å². The van der Waals surface area contributed by atoms with E-state index in [0.29, 0.717) is 6.42 Å². The number of carbonyl (C=O) groups excluding carboxylic acids is 1. The number of aromatic nitrogens is 2. The third kappa shape index (κ3) is 3.13. The average Bonchev–Trinajstić information content (AvgIpc) is 2.80. The summed E-state index contributed by atoms with van der Waals surface area (Å²) >= 11 is 3.42. The zero-order valence-electron chi connectivity index (χ0n) is 11.5. The molecule has 0 saturated carbocycles. The van der Waals surface area contributed by atoms with Crippen molar-refractivity contribution in [2.75, 3.05) is 5.32 Å². The predicted molar refractivity (Wildman–Crippen MR) is 87.3 cm³/mol. The molecule has 1 amide bonds. The Morgan fingerprint density at radius 3 is 2.90 bits per heavy atom. The molecule has 2 aromatic carbocycles. The fraction of sp³-hybridized carbons (Fsp3) is 0.125. The van der Waals surface area contributed by atoms with Gasteiger partial charge < -0.3 is 10.3 Å². The van der Waals surface area contributed by atoms with Crippen LogP contribution in [0.5, 0.6) is 0 Å². The minimum atomic E-state index is -0.0440. The van der Waals surface area contributed by atoms with Crippen molar-refractivity contribution >= 4 is 38.6 Å². The highest BCUT2D eigenvalue weighted by Gasteiger charge is 2.08. The molecule has 0 saturated heterocycles. The van der Waals surface area contributed by atoms with Crippen LogP contribution >= 0.6 is 15.9 Å². The van der Waals surface area contributed by atoms with Crippen LogP contribution < -0.4 is 5.32 Å². The molecule has 0 atom stereocenters. The van der Waals surface area contributed by atoms with Crippen molar-refractivity contribution in [3.8, 4) is 0 Å². The van der Waals surface area contributed by atoms with Gasteiger partial charge in [-0.05, 0) is 52.7 Å². The van der Waals surface area contributed by atoms with Crippen LogP contribution in [0, 0.1) is 6.92 Å². The molecule has 3 rings (SSSR count). The molecule has 5 heteroatoms. The lowest BCUT2D eigenvalue weighted by atomic mass is 10.1. The van der Waals surface area contributed by atoms with Crippen LogP contribution in [0.3, 0.4) is 0 Å². The van der Waals surface area contributed by atoms with Crippen LogP contribution in [-0.4, -0.2) is 15.9 Å². The van der Waals surface area contributed by atoms with E-state index >= 15 is 0 Å². The Morgan fingerprint density at radius 1 is 1.29 bits per heavy atom. The summed E-state index contributed by atoms with van der Waals surface area (Å²) < 4.78 is 0.873. The third-order valence-corrected chi connectivity index (χ3v) is 3.87. The number of anilines is 1. The Balaban J connectivity index is 1.75. The summed E-state index contributed by atoms with van der Waals surface area (Å²) in [4.78, 5) is 19.6. The molecule has 0 spiro atoms. The normalized spacial score (nSPS) is 10.8. The first-order valence-corrected chi connectivity index (χ1v) is 7.41. The lowest BCUT2D eigenvalue weighted by Gasteiger charge is -2.07. The lowest BCUT2D eigenvalue weighted by molar-refractivity contribution is -0.115. The number of fused-ring (bicyclic) bond motifs is 1. The van der Waals surface area contributed by atoms with E-state index in [4.69, 9.17) is 0 Å². The quantitative estimate of drug-likeness (QED) is 0.759. The van der Waals surface area contributed by atoms with Crippen molar-refractivity contribution < 1.29 is 4.79 Å². The minimum absolute atomic E-state index is 0.0440. The molecule has 0 aliphatic heterocycles. The molecule has 0 unspecified atom stereocenters. The highest BCUT2D eigenvalue weighted by atomic mass is 79.9. The second kappa shape index (κ2) is 5.69. The molecule has 2 N–H and O–H groups in total. The molecule has 1 heterocycles. The van der Waals surface area contributed by atoms with Gasteiger partial charge in [0.2, 0.25) is 5.91 Å². The van der Waals surface area contributed by atoms with Crippen LogP contribution in [0.15, 0.2) is 46.9 Å². The topological polar surface area (TPSA) is 57.8 Å². The first-order chi connectivity index (χ1) is 10.1. The number of aromatic amines is 1. The van der Waals surface area contributed by atoms with E-state index in [1.54, 1.807) is 0 Å². The van der Waals surface area contributed by atoms with E-state index < -0.39 is 0 Å². The average molecular weight is 344 g/mol. The second-order valence-corrected chi connectivity index (χ2v) is 5.73. The number of para-hydroxylation sites is 1. The molecule has 0 bridgehead atoms. The van der Waals surface area contributed by atoms with Crippen molar-refractivity contribution in [1.82, 2.24) is 9.97 Å². The highest BCUT2D eigenvalue weighted by molar-refractivity contribution is 9.10. The van der Waals surface area contributed by atoms with Crippen LogP contribution in [0.4, 0.5) is 5.69 Å². The minimum Gasteiger partial charge on any atom is -0.342 e. The SMILES string of the molecule is Cc1nc2ccc(CC(=O)Nc3ccccc3Br)cc2[nH]1. The summed E-state index contributed by atoms with van der Waals surface area (Å²) in [7, 11) is 0. The number of nitrogens with zero attached hydrogens (tertiary/aromatic N) is 1. The van der Waals surface area contributed by atoms with Crippen molar-refractivity contribution in [3.05, 3.63) is 58.3 Å². The maximum Gasteiger partial charge on any atom is 0.228 e. The molecule has 0 fully saturated rings. The van der Waals surface area contributed by atoms with E-state index in [2.05, 4.69) is 31.2 Å². The number of hydrogen-bond donors (Lipinski definition) is 2. The van der Waals surface area contributed by atoms with Gasteiger partial charge in [0.25, 0.3) is 0 Å². The Kier molecular flexibility index (Phi) is 3.75. The number of hydrogen-bond acceptors (Lipinski definition) is 2. The summed E-state index contributed by atoms with van der Waals surface area (Å²) in [6.07, 6.45) is 0.329. The van der Waals surface area contributed by atoms with E-state index in [1.165, 1.54) is 0 Å². The molecular weight excluding hydrogens is 330 g/mol. The predicted octanol–water partition coefficient (Wildman–Crippen LogP) is 3.82. The smallest absolute Gasteiger partial charge is 0.228 e. The van der Waals surface area contributed by atoms with Gasteiger partial charge in [-0.15, -0.1) is 0 Å². The second-order valence-electron chi connectivity index (χ2n) is 4.88. The summed E-state index contributed by atoms with van der Waals surface area (Å²) in [6, 6.07) is 13.4. The maximum absolute atomic E-state index is 12.1. The van der Waals surface area contributed by atoms with Crippen molar-refractivity contribution in [1.29, 1.82) is 0 Å². The molecule has 106 valence electrons. The monoisotopic (exact) mass is 343 g/mol. The number of nitrogens with one attached hydrogen (secondary N) is 2. The summed E-state index contributed by atoms with van der Waals surface area (Å²) in [5, 5.41) is 2.90. The molecule has 21 heavy (non-hydrogen) atoms. The fourth-order valence-electron chi connectivity index (χ4n) is 2.24. The van der Waals surface area contributed by atoms with Crippen LogP contribution in [0.1, 0.15) is 11.4 Å². The van der Waals surface area contributed by atoms with Crippen LogP contribution in [0.2, 0.25) is 0 Å². The molecule has 3 aromatic rings. The highest BCUT2D eigenvalue weighted by Crippen LogP contribution is 2.21. The molecule has 4 nitrogen and oxygen atoms in total. The Hall–Kier alpha value is -2.14. The van der Waals surface area contributed by atoms with Gasteiger partial charge in [-0.1, -0.05) is 18.2 Å². The van der Waals surface area contributed by atoms with E-state index in [9.17, 15) is 4.79 Å². The van der Waals surface area contributed by atoms with Crippen molar-refractivity contribution in [2.45, 2.75) is 13.3 Å². The number of rotatable bonds is 3. The van der Waals surface area contributed by atoms with Gasteiger partial charge in [0.15, 0.2) is 0 Å². The van der Waals surface area contributed by atoms with Crippen LogP contribution in [-0.2, 0) is 11.2 Å². The summed E-state index contributed by atoms with van der Waals surface area (Å²) in [5.41, 5.74) is 3.61. The van der Waals surface area contributed by atoms with Gasteiger partial charge in [0.05, 0.1) is 23.1 Å².